The Hall–Kier alpha value is -3.46. The largest absolute Gasteiger partial charge is 0.482 e. The van der Waals surface area contributed by atoms with E-state index in [-0.39, 0.29) is 47.9 Å². The predicted molar refractivity (Wildman–Crippen MR) is 146 cm³/mol. The van der Waals surface area contributed by atoms with Crippen molar-refractivity contribution in [3.63, 3.8) is 0 Å². The van der Waals surface area contributed by atoms with Crippen molar-refractivity contribution in [3.05, 3.63) is 71.5 Å². The van der Waals surface area contributed by atoms with Gasteiger partial charge < -0.3 is 19.9 Å². The first-order valence-corrected chi connectivity index (χ1v) is 13.9. The Labute approximate surface area is 228 Å². The maximum Gasteiger partial charge on any atom is 0.289 e. The highest BCUT2D eigenvalue weighted by atomic mass is 19.1. The zero-order valence-electron chi connectivity index (χ0n) is 22.2. The highest BCUT2D eigenvalue weighted by Crippen LogP contribution is 2.33. The molecule has 208 valence electrons. The summed E-state index contributed by atoms with van der Waals surface area (Å²) in [4.78, 5) is 32.4. The summed E-state index contributed by atoms with van der Waals surface area (Å²) in [6, 6.07) is 12.5. The van der Waals surface area contributed by atoms with Gasteiger partial charge in [-0.05, 0) is 80.3 Å². The number of piperazine rings is 1. The molecule has 2 saturated heterocycles. The number of fused-ring (bicyclic) bond motifs is 1. The van der Waals surface area contributed by atoms with Gasteiger partial charge in [-0.15, -0.1) is 0 Å². The van der Waals surface area contributed by atoms with Crippen LogP contribution in [0.15, 0.2) is 54.3 Å². The maximum absolute atomic E-state index is 13.7. The molecular weight excluding hydrogens is 502 g/mol. The molecule has 39 heavy (non-hydrogen) atoms. The molecule has 1 saturated carbocycles. The molecule has 2 aromatic carbocycles. The summed E-state index contributed by atoms with van der Waals surface area (Å²) in [7, 11) is 0. The number of hydrogen-bond donors (Lipinski definition) is 1. The Morgan fingerprint density at radius 1 is 1.00 bits per heavy atom. The molecule has 0 bridgehead atoms. The fraction of sp³-hybridized carbons (Fsp3) is 0.467. The third kappa shape index (κ3) is 6.95. The fourth-order valence-electron chi connectivity index (χ4n) is 5.73. The molecule has 0 spiro atoms. The Bertz CT molecular complexity index is 1180. The molecule has 2 heterocycles. The monoisotopic (exact) mass is 538 g/mol. The van der Waals surface area contributed by atoms with Crippen LogP contribution in [-0.2, 0) is 14.3 Å². The van der Waals surface area contributed by atoms with Crippen LogP contribution < -0.4 is 10.2 Å². The third-order valence-electron chi connectivity index (χ3n) is 7.82. The van der Waals surface area contributed by atoms with E-state index in [1.165, 1.54) is 24.3 Å². The van der Waals surface area contributed by atoms with Crippen molar-refractivity contribution in [2.24, 2.45) is 0 Å². The van der Waals surface area contributed by atoms with E-state index >= 15 is 0 Å². The second-order valence-corrected chi connectivity index (χ2v) is 10.5. The number of rotatable bonds is 8. The lowest BCUT2D eigenvalue weighted by Gasteiger charge is -2.44. The summed E-state index contributed by atoms with van der Waals surface area (Å²) in [6.45, 7) is 4.99. The van der Waals surface area contributed by atoms with Crippen LogP contribution in [0.5, 0.6) is 0 Å². The number of anilines is 1. The molecule has 1 aliphatic carbocycles. The molecule has 2 amide bonds. The molecule has 2 aliphatic heterocycles. The summed E-state index contributed by atoms with van der Waals surface area (Å²) in [6.07, 6.45) is 5.87. The topological polar surface area (TPSA) is 65.1 Å². The minimum Gasteiger partial charge on any atom is -0.482 e. The lowest BCUT2D eigenvalue weighted by molar-refractivity contribution is -0.151. The first-order valence-electron chi connectivity index (χ1n) is 13.9. The molecule has 7 nitrogen and oxygen atoms in total. The van der Waals surface area contributed by atoms with Gasteiger partial charge in [0.05, 0.1) is 6.04 Å². The van der Waals surface area contributed by atoms with Crippen LogP contribution >= 0.6 is 0 Å². The smallest absolute Gasteiger partial charge is 0.289 e. The predicted octanol–water partition coefficient (Wildman–Crippen LogP) is 3.80. The van der Waals surface area contributed by atoms with Crippen molar-refractivity contribution in [2.75, 3.05) is 50.7 Å². The number of morpholine rings is 1. The maximum atomic E-state index is 13.7. The second kappa shape index (κ2) is 12.6. The molecule has 2 atom stereocenters. The van der Waals surface area contributed by atoms with Crippen LogP contribution in [0, 0.1) is 11.6 Å². The standard InChI is InChI=1S/C30H36F2N4O3/c31-23-9-11-25(12-10-23)35-17-15-34(16-18-35)14-4-13-33-29(37)21-36-26-7-1-2-8-27(26)39-28(30(36)38)20-22-5-3-6-24(32)19-22/h3,5-6,9-12,19-20,26-27H,1-2,4,7-8,13-18,21H2,(H,33,37)/b28-20+. The summed E-state index contributed by atoms with van der Waals surface area (Å²) in [5, 5.41) is 2.98. The number of hydrogen-bond acceptors (Lipinski definition) is 5. The molecule has 3 fully saturated rings. The van der Waals surface area contributed by atoms with Gasteiger partial charge in [0, 0.05) is 38.4 Å². The summed E-state index contributed by atoms with van der Waals surface area (Å²) < 4.78 is 32.9. The van der Waals surface area contributed by atoms with Crippen LogP contribution in [0.3, 0.4) is 0 Å². The van der Waals surface area contributed by atoms with E-state index in [9.17, 15) is 18.4 Å². The molecule has 0 radical (unpaired) electrons. The van der Waals surface area contributed by atoms with E-state index in [1.54, 1.807) is 23.1 Å². The number of nitrogens with zero attached hydrogens (tertiary/aromatic N) is 3. The van der Waals surface area contributed by atoms with Crippen LogP contribution in [0.2, 0.25) is 0 Å². The number of ether oxygens (including phenoxy) is 1. The molecule has 9 heteroatoms. The van der Waals surface area contributed by atoms with Gasteiger partial charge >= 0.3 is 0 Å². The Kier molecular flexibility index (Phi) is 8.76. The van der Waals surface area contributed by atoms with Crippen molar-refractivity contribution in [1.29, 1.82) is 0 Å². The van der Waals surface area contributed by atoms with Gasteiger partial charge in [-0.2, -0.15) is 0 Å². The Balaban J connectivity index is 1.09. The first kappa shape index (κ1) is 27.1. The average Bonchev–Trinajstić information content (AvgIpc) is 2.94. The van der Waals surface area contributed by atoms with Gasteiger partial charge in [-0.3, -0.25) is 14.5 Å². The molecule has 1 N–H and O–H groups in total. The molecule has 0 aromatic heterocycles. The van der Waals surface area contributed by atoms with E-state index in [4.69, 9.17) is 4.74 Å². The van der Waals surface area contributed by atoms with Crippen LogP contribution in [0.4, 0.5) is 14.5 Å². The van der Waals surface area contributed by atoms with Crippen molar-refractivity contribution >= 4 is 23.6 Å². The number of benzene rings is 2. The summed E-state index contributed by atoms with van der Waals surface area (Å²) in [5.41, 5.74) is 1.59. The van der Waals surface area contributed by atoms with E-state index in [1.807, 2.05) is 12.1 Å². The van der Waals surface area contributed by atoms with Crippen molar-refractivity contribution in [1.82, 2.24) is 15.1 Å². The van der Waals surface area contributed by atoms with E-state index in [0.717, 1.165) is 70.5 Å². The van der Waals surface area contributed by atoms with Crippen molar-refractivity contribution in [3.8, 4) is 0 Å². The highest BCUT2D eigenvalue weighted by Gasteiger charge is 2.42. The molecule has 5 rings (SSSR count). The van der Waals surface area contributed by atoms with Gasteiger partial charge in [0.15, 0.2) is 5.76 Å². The fourth-order valence-corrected chi connectivity index (χ4v) is 5.73. The van der Waals surface area contributed by atoms with Gasteiger partial charge in [-0.1, -0.05) is 18.6 Å². The zero-order valence-corrected chi connectivity index (χ0v) is 22.2. The van der Waals surface area contributed by atoms with Crippen LogP contribution in [0.1, 0.15) is 37.7 Å². The minimum absolute atomic E-state index is 0.0137. The van der Waals surface area contributed by atoms with Gasteiger partial charge in [0.2, 0.25) is 5.91 Å². The van der Waals surface area contributed by atoms with Gasteiger partial charge in [0.25, 0.3) is 5.91 Å². The third-order valence-corrected chi connectivity index (χ3v) is 7.82. The number of amides is 2. The molecule has 2 unspecified atom stereocenters. The van der Waals surface area contributed by atoms with Crippen molar-refractivity contribution in [2.45, 2.75) is 44.2 Å². The normalized spacial score (nSPS) is 22.9. The highest BCUT2D eigenvalue weighted by molar-refractivity contribution is 5.98. The van der Waals surface area contributed by atoms with E-state index < -0.39 is 0 Å². The SMILES string of the molecule is O=C(CN1C(=O)/C(=C\c2cccc(F)c2)OC2CCCCC21)NCCCN1CCN(c2ccc(F)cc2)CC1. The van der Waals surface area contributed by atoms with E-state index in [0.29, 0.717) is 12.1 Å². The minimum atomic E-state index is -0.380. The number of carbonyl (C=O) groups is 2. The second-order valence-electron chi connectivity index (χ2n) is 10.5. The number of carbonyl (C=O) groups excluding carboxylic acids is 2. The lowest BCUT2D eigenvalue weighted by Crippen LogP contribution is -2.57. The number of halogens is 2. The summed E-state index contributed by atoms with van der Waals surface area (Å²) in [5.74, 6) is -0.945. The zero-order chi connectivity index (χ0) is 27.2. The molecule has 3 aliphatic rings. The van der Waals surface area contributed by atoms with Gasteiger partial charge in [0.1, 0.15) is 24.3 Å². The quantitative estimate of drug-likeness (QED) is 0.409. The lowest BCUT2D eigenvalue weighted by atomic mass is 9.89. The van der Waals surface area contributed by atoms with Crippen LogP contribution in [0.25, 0.3) is 6.08 Å². The van der Waals surface area contributed by atoms with E-state index in [2.05, 4.69) is 15.1 Å². The Morgan fingerprint density at radius 3 is 2.54 bits per heavy atom. The van der Waals surface area contributed by atoms with Gasteiger partial charge in [-0.25, -0.2) is 8.78 Å². The molecule has 2 aromatic rings. The Morgan fingerprint density at radius 2 is 1.77 bits per heavy atom. The van der Waals surface area contributed by atoms with Crippen LogP contribution in [-0.4, -0.2) is 79.6 Å². The average molecular weight is 539 g/mol. The first-order chi connectivity index (χ1) is 19.0. The number of nitrogens with one attached hydrogen (secondary N) is 1. The van der Waals surface area contributed by atoms with Crippen molar-refractivity contribution < 1.29 is 23.1 Å². The molecular formula is C30H36F2N4O3. The summed E-state index contributed by atoms with van der Waals surface area (Å²) >= 11 is 0.